The average Bonchev–Trinajstić information content (AvgIpc) is 2.78. The molecule has 0 radical (unpaired) electrons. The molecule has 0 bridgehead atoms. The number of nitrogens with zero attached hydrogens (tertiary/aromatic N) is 1. The Morgan fingerprint density at radius 3 is 2.50 bits per heavy atom. The lowest BCUT2D eigenvalue weighted by Crippen LogP contribution is -2.35. The van der Waals surface area contributed by atoms with Crippen LogP contribution in [0.1, 0.15) is 6.23 Å². The summed E-state index contributed by atoms with van der Waals surface area (Å²) >= 11 is 11.9. The summed E-state index contributed by atoms with van der Waals surface area (Å²) in [5.74, 6) is 0. The Bertz CT molecular complexity index is 778. The van der Waals surface area contributed by atoms with E-state index in [0.29, 0.717) is 15.8 Å². The fourth-order valence-corrected chi connectivity index (χ4v) is 2.90. The molecule has 0 amide bonds. The van der Waals surface area contributed by atoms with Crippen LogP contribution in [0.3, 0.4) is 0 Å². The molecule has 1 aliphatic rings. The first-order chi connectivity index (χ1) is 10.4. The molecule has 8 heteroatoms. The van der Waals surface area contributed by atoms with Crippen molar-refractivity contribution in [3.63, 3.8) is 0 Å². The Morgan fingerprint density at radius 2 is 1.86 bits per heavy atom. The number of pyridine rings is 1. The van der Waals surface area contributed by atoms with Crippen LogP contribution in [0, 0.1) is 0 Å². The van der Waals surface area contributed by atoms with Gasteiger partial charge < -0.3 is 20.1 Å². The first kappa shape index (κ1) is 15.7. The van der Waals surface area contributed by atoms with Crippen LogP contribution in [-0.2, 0) is 4.74 Å². The van der Waals surface area contributed by atoms with Crippen LogP contribution >= 0.6 is 23.2 Å². The molecule has 0 aliphatic carbocycles. The maximum absolute atomic E-state index is 12.6. The summed E-state index contributed by atoms with van der Waals surface area (Å²) in [5, 5.41) is 30.4. The minimum Gasteiger partial charge on any atom is -0.394 e. The molecule has 1 fully saturated rings. The van der Waals surface area contributed by atoms with Crippen molar-refractivity contribution in [2.45, 2.75) is 24.5 Å². The minimum absolute atomic E-state index is 0.241. The monoisotopic (exact) mass is 345 g/mol. The second kappa shape index (κ2) is 5.81. The number of aromatic nitrogens is 1. The van der Waals surface area contributed by atoms with Crippen LogP contribution < -0.4 is 5.56 Å². The highest BCUT2D eigenvalue weighted by Gasteiger charge is 2.43. The van der Waals surface area contributed by atoms with E-state index in [-0.39, 0.29) is 5.02 Å². The fraction of sp³-hybridized carbons (Fsp3) is 0.357. The average molecular weight is 346 g/mol. The van der Waals surface area contributed by atoms with Crippen molar-refractivity contribution < 1.29 is 20.1 Å². The van der Waals surface area contributed by atoms with Gasteiger partial charge in [-0.2, -0.15) is 0 Å². The van der Waals surface area contributed by atoms with Gasteiger partial charge in [0, 0.05) is 11.6 Å². The lowest BCUT2D eigenvalue weighted by atomic mass is 10.1. The molecule has 1 aromatic heterocycles. The number of aliphatic hydroxyl groups is 3. The molecular weight excluding hydrogens is 333 g/mol. The lowest BCUT2D eigenvalue weighted by Gasteiger charge is -2.18. The van der Waals surface area contributed by atoms with Gasteiger partial charge in [0.1, 0.15) is 18.3 Å². The molecule has 22 heavy (non-hydrogen) atoms. The summed E-state index contributed by atoms with van der Waals surface area (Å²) in [6.45, 7) is -0.460. The second-order valence-electron chi connectivity index (χ2n) is 5.11. The zero-order valence-corrected chi connectivity index (χ0v) is 12.7. The maximum atomic E-state index is 12.6. The molecule has 118 valence electrons. The summed E-state index contributed by atoms with van der Waals surface area (Å²) in [6, 6.07) is 4.65. The van der Waals surface area contributed by atoms with E-state index in [1.807, 2.05) is 0 Å². The van der Waals surface area contributed by atoms with E-state index in [1.54, 1.807) is 12.1 Å². The van der Waals surface area contributed by atoms with Crippen molar-refractivity contribution in [3.05, 3.63) is 44.8 Å². The minimum atomic E-state index is -1.32. The number of fused-ring (bicyclic) bond motifs is 1. The predicted molar refractivity (Wildman–Crippen MR) is 81.2 cm³/mol. The summed E-state index contributed by atoms with van der Waals surface area (Å²) in [5.41, 5.74) is -0.439. The highest BCUT2D eigenvalue weighted by molar-refractivity contribution is 6.42. The van der Waals surface area contributed by atoms with Gasteiger partial charge in [-0.1, -0.05) is 23.2 Å². The maximum Gasteiger partial charge on any atom is 0.260 e. The highest BCUT2D eigenvalue weighted by Crippen LogP contribution is 2.30. The molecule has 4 atom stereocenters. The van der Waals surface area contributed by atoms with E-state index >= 15 is 0 Å². The van der Waals surface area contributed by atoms with Gasteiger partial charge in [0.05, 0.1) is 16.7 Å². The molecule has 1 aliphatic heterocycles. The van der Waals surface area contributed by atoms with E-state index in [1.165, 1.54) is 12.3 Å². The molecule has 0 spiro atoms. The Kier molecular flexibility index (Phi) is 4.15. The van der Waals surface area contributed by atoms with Crippen LogP contribution in [0.25, 0.3) is 10.8 Å². The smallest absolute Gasteiger partial charge is 0.260 e. The van der Waals surface area contributed by atoms with Crippen LogP contribution in [0.15, 0.2) is 29.2 Å². The third-order valence-electron chi connectivity index (χ3n) is 3.76. The van der Waals surface area contributed by atoms with Crippen molar-refractivity contribution in [1.82, 2.24) is 4.57 Å². The summed E-state index contributed by atoms with van der Waals surface area (Å²) < 4.78 is 6.52. The molecular formula is C14H13Cl2NO5. The number of hydrogen-bond donors (Lipinski definition) is 3. The summed E-state index contributed by atoms with van der Waals surface area (Å²) in [7, 11) is 0. The number of hydrogen-bond acceptors (Lipinski definition) is 5. The Balaban J connectivity index is 2.11. The number of rotatable bonds is 2. The standard InChI is InChI=1S/C14H13Cl2NO5/c15-8-3-6-1-2-17(13(21)7(6)4-9(8)16)14-12(20)11(19)10(5-18)22-14/h1-4,10-12,14,18-20H,5H2/t10-,11-,12-,14-/m1/s1. The predicted octanol–water partition coefficient (Wildman–Crippen LogP) is 0.920. The molecule has 3 N–H and O–H groups in total. The second-order valence-corrected chi connectivity index (χ2v) is 5.92. The molecule has 1 aromatic carbocycles. The Hall–Kier alpha value is -1.15. The lowest BCUT2D eigenvalue weighted by molar-refractivity contribution is -0.0541. The van der Waals surface area contributed by atoms with E-state index < -0.39 is 36.7 Å². The largest absolute Gasteiger partial charge is 0.394 e. The van der Waals surface area contributed by atoms with E-state index in [4.69, 9.17) is 33.0 Å². The van der Waals surface area contributed by atoms with Gasteiger partial charge in [-0.25, -0.2) is 0 Å². The van der Waals surface area contributed by atoms with Gasteiger partial charge in [-0.15, -0.1) is 0 Å². The fourth-order valence-electron chi connectivity index (χ4n) is 2.56. The van der Waals surface area contributed by atoms with E-state index in [9.17, 15) is 15.0 Å². The van der Waals surface area contributed by atoms with Crippen LogP contribution in [-0.4, -0.2) is 44.8 Å². The third-order valence-corrected chi connectivity index (χ3v) is 4.49. The number of halogens is 2. The molecule has 2 heterocycles. The third kappa shape index (κ3) is 2.42. The summed E-state index contributed by atoms with van der Waals surface area (Å²) in [4.78, 5) is 12.6. The quantitative estimate of drug-likeness (QED) is 0.752. The topological polar surface area (TPSA) is 91.9 Å². The van der Waals surface area contributed by atoms with Crippen LogP contribution in [0.5, 0.6) is 0 Å². The van der Waals surface area contributed by atoms with Gasteiger partial charge in [-0.05, 0) is 23.6 Å². The van der Waals surface area contributed by atoms with Gasteiger partial charge in [0.25, 0.3) is 5.56 Å². The van der Waals surface area contributed by atoms with Crippen molar-refractivity contribution in [1.29, 1.82) is 0 Å². The molecule has 1 saturated heterocycles. The number of benzene rings is 1. The highest BCUT2D eigenvalue weighted by atomic mass is 35.5. The zero-order chi connectivity index (χ0) is 16.0. The van der Waals surface area contributed by atoms with Crippen LogP contribution in [0.2, 0.25) is 10.0 Å². The SMILES string of the molecule is O=c1c2cc(Cl)c(Cl)cc2ccn1[C@@H]1O[C@H](CO)[C@@H](O)[C@H]1O. The Morgan fingerprint density at radius 1 is 1.18 bits per heavy atom. The molecule has 0 saturated carbocycles. The van der Waals surface area contributed by atoms with Crippen molar-refractivity contribution >= 4 is 34.0 Å². The molecule has 0 unspecified atom stereocenters. The normalized spacial score (nSPS) is 28.4. The molecule has 3 rings (SSSR count). The van der Waals surface area contributed by atoms with E-state index in [2.05, 4.69) is 0 Å². The van der Waals surface area contributed by atoms with Gasteiger partial charge >= 0.3 is 0 Å². The van der Waals surface area contributed by atoms with Crippen molar-refractivity contribution in [2.24, 2.45) is 0 Å². The Labute approximate surface area is 135 Å². The molecule has 6 nitrogen and oxygen atoms in total. The summed E-state index contributed by atoms with van der Waals surface area (Å²) in [6.07, 6.45) is -3.19. The van der Waals surface area contributed by atoms with Crippen LogP contribution in [0.4, 0.5) is 0 Å². The molecule has 2 aromatic rings. The van der Waals surface area contributed by atoms with Crippen molar-refractivity contribution in [2.75, 3.05) is 6.61 Å². The number of ether oxygens (including phenoxy) is 1. The number of aliphatic hydroxyl groups excluding tert-OH is 3. The van der Waals surface area contributed by atoms with E-state index in [0.717, 1.165) is 4.57 Å². The first-order valence-electron chi connectivity index (χ1n) is 6.56. The van der Waals surface area contributed by atoms with Gasteiger partial charge in [-0.3, -0.25) is 9.36 Å². The van der Waals surface area contributed by atoms with Gasteiger partial charge in [0.15, 0.2) is 6.23 Å². The first-order valence-corrected chi connectivity index (χ1v) is 7.32. The van der Waals surface area contributed by atoms with Gasteiger partial charge in [0.2, 0.25) is 0 Å². The zero-order valence-electron chi connectivity index (χ0n) is 11.2. The van der Waals surface area contributed by atoms with Crippen molar-refractivity contribution in [3.8, 4) is 0 Å².